The zero-order valence-corrected chi connectivity index (χ0v) is 18.2. The summed E-state index contributed by atoms with van der Waals surface area (Å²) < 4.78 is 27.2. The number of benzene rings is 2. The predicted octanol–water partition coefficient (Wildman–Crippen LogP) is 1.55. The van der Waals surface area contributed by atoms with Crippen molar-refractivity contribution in [2.24, 2.45) is 0 Å². The number of nitrogens with zero attached hydrogens (tertiary/aromatic N) is 4. The molecule has 3 saturated heterocycles. The first-order valence-electron chi connectivity index (χ1n) is 11.1. The third-order valence-corrected chi connectivity index (χ3v) is 6.61. The Morgan fingerprint density at radius 1 is 0.618 bits per heavy atom. The van der Waals surface area contributed by atoms with Crippen molar-refractivity contribution in [3.05, 3.63) is 60.2 Å². The van der Waals surface area contributed by atoms with Crippen molar-refractivity contribution >= 4 is 35.0 Å². The zero-order chi connectivity index (χ0) is 24.0. The molecule has 2 aromatic rings. The number of imide groups is 2. The maximum atomic E-state index is 13.6. The van der Waals surface area contributed by atoms with E-state index in [9.17, 15) is 28.0 Å². The van der Waals surface area contributed by atoms with Gasteiger partial charge in [0.05, 0.1) is 36.3 Å². The highest BCUT2D eigenvalue weighted by atomic mass is 19.1. The van der Waals surface area contributed by atoms with Crippen LogP contribution in [0.5, 0.6) is 0 Å². The van der Waals surface area contributed by atoms with E-state index in [-0.39, 0.29) is 36.0 Å². The minimum atomic E-state index is -0.650. The van der Waals surface area contributed by atoms with Crippen molar-refractivity contribution in [1.82, 2.24) is 9.80 Å². The Morgan fingerprint density at radius 3 is 1.35 bits per heavy atom. The lowest BCUT2D eigenvalue weighted by Crippen LogP contribution is -2.56. The number of rotatable bonds is 4. The van der Waals surface area contributed by atoms with Gasteiger partial charge in [0.2, 0.25) is 11.8 Å². The topological polar surface area (TPSA) is 81.2 Å². The molecule has 0 unspecified atom stereocenters. The standard InChI is InChI=1S/C24H22F2N4O4/c25-15-3-1-5-17(11-15)29-21(31)13-19(23(29)33)27-7-9-28(10-8-27)20-14-22(32)30(24(20)34)18-6-2-4-16(26)12-18/h1-6,11-12,19-20H,7-10,13-14H2/t19-,20-/m1/s1. The molecule has 3 heterocycles. The first kappa shape index (κ1) is 22.3. The molecule has 0 aliphatic carbocycles. The summed E-state index contributed by atoms with van der Waals surface area (Å²) in [4.78, 5) is 56.8. The van der Waals surface area contributed by atoms with Crippen LogP contribution in [-0.2, 0) is 19.2 Å². The van der Waals surface area contributed by atoms with Crippen LogP contribution < -0.4 is 9.80 Å². The normalized spacial score (nSPS) is 24.5. The Balaban J connectivity index is 1.24. The maximum Gasteiger partial charge on any atom is 0.251 e. The molecule has 3 aliphatic rings. The summed E-state index contributed by atoms with van der Waals surface area (Å²) in [5, 5.41) is 0. The summed E-state index contributed by atoms with van der Waals surface area (Å²) in [5.41, 5.74) is 0.423. The van der Waals surface area contributed by atoms with Gasteiger partial charge >= 0.3 is 0 Å². The monoisotopic (exact) mass is 468 g/mol. The maximum absolute atomic E-state index is 13.6. The molecule has 176 valence electrons. The fourth-order valence-electron chi connectivity index (χ4n) is 4.94. The third-order valence-electron chi connectivity index (χ3n) is 6.61. The summed E-state index contributed by atoms with van der Waals surface area (Å²) in [6.45, 7) is 1.72. The van der Waals surface area contributed by atoms with Crippen LogP contribution in [0.1, 0.15) is 12.8 Å². The van der Waals surface area contributed by atoms with Crippen molar-refractivity contribution < 1.29 is 28.0 Å². The summed E-state index contributed by atoms with van der Waals surface area (Å²) in [5.74, 6) is -2.62. The summed E-state index contributed by atoms with van der Waals surface area (Å²) >= 11 is 0. The number of piperazine rings is 1. The molecule has 4 amide bonds. The van der Waals surface area contributed by atoms with E-state index in [0.29, 0.717) is 26.2 Å². The van der Waals surface area contributed by atoms with Gasteiger partial charge in [0.1, 0.15) is 11.6 Å². The molecule has 8 nitrogen and oxygen atoms in total. The van der Waals surface area contributed by atoms with Crippen molar-refractivity contribution in [2.45, 2.75) is 24.9 Å². The molecule has 2 aromatic carbocycles. The van der Waals surface area contributed by atoms with Gasteiger partial charge in [0, 0.05) is 26.2 Å². The lowest BCUT2D eigenvalue weighted by atomic mass is 10.1. The average molecular weight is 468 g/mol. The second kappa shape index (κ2) is 8.69. The van der Waals surface area contributed by atoms with Gasteiger partial charge in [-0.2, -0.15) is 0 Å². The summed E-state index contributed by atoms with van der Waals surface area (Å²) in [6.07, 6.45) is 0.00703. The summed E-state index contributed by atoms with van der Waals surface area (Å²) in [7, 11) is 0. The highest BCUT2D eigenvalue weighted by molar-refractivity contribution is 6.23. The molecule has 0 aromatic heterocycles. The van der Waals surface area contributed by atoms with E-state index >= 15 is 0 Å². The third kappa shape index (κ3) is 3.88. The molecule has 0 bridgehead atoms. The highest BCUT2D eigenvalue weighted by Gasteiger charge is 2.46. The van der Waals surface area contributed by atoms with Crippen LogP contribution in [0, 0.1) is 11.6 Å². The Kier molecular flexibility index (Phi) is 5.70. The number of carbonyl (C=O) groups excluding carboxylic acids is 4. The summed E-state index contributed by atoms with van der Waals surface area (Å²) in [6, 6.07) is 9.44. The lowest BCUT2D eigenvalue weighted by Gasteiger charge is -2.38. The van der Waals surface area contributed by atoms with Gasteiger partial charge in [0.15, 0.2) is 0 Å². The molecule has 0 radical (unpaired) electrons. The minimum Gasteiger partial charge on any atom is -0.289 e. The largest absolute Gasteiger partial charge is 0.289 e. The number of hydrogen-bond acceptors (Lipinski definition) is 6. The van der Waals surface area contributed by atoms with Gasteiger partial charge in [-0.3, -0.25) is 29.0 Å². The van der Waals surface area contributed by atoms with Crippen molar-refractivity contribution in [2.75, 3.05) is 36.0 Å². The molecule has 3 fully saturated rings. The Morgan fingerprint density at radius 2 is 1.00 bits per heavy atom. The fourth-order valence-corrected chi connectivity index (χ4v) is 4.94. The first-order valence-corrected chi connectivity index (χ1v) is 11.1. The van der Waals surface area contributed by atoms with Crippen LogP contribution in [0.2, 0.25) is 0 Å². The van der Waals surface area contributed by atoms with E-state index < -0.39 is 35.5 Å². The van der Waals surface area contributed by atoms with E-state index in [2.05, 4.69) is 0 Å². The second-order valence-electron chi connectivity index (χ2n) is 8.61. The molecular formula is C24H22F2N4O4. The zero-order valence-electron chi connectivity index (χ0n) is 18.2. The van der Waals surface area contributed by atoms with Crippen LogP contribution in [0.3, 0.4) is 0 Å². The number of carbonyl (C=O) groups is 4. The van der Waals surface area contributed by atoms with Crippen LogP contribution in [-0.4, -0.2) is 71.7 Å². The number of anilines is 2. The smallest absolute Gasteiger partial charge is 0.251 e. The number of halogens is 2. The highest BCUT2D eigenvalue weighted by Crippen LogP contribution is 2.29. The minimum absolute atomic E-state index is 0.00351. The van der Waals surface area contributed by atoms with Crippen LogP contribution >= 0.6 is 0 Å². The Labute approximate surface area is 194 Å². The molecule has 3 aliphatic heterocycles. The van der Waals surface area contributed by atoms with E-state index in [1.807, 2.05) is 9.80 Å². The average Bonchev–Trinajstić information content (AvgIpc) is 3.28. The molecule has 10 heteroatoms. The predicted molar refractivity (Wildman–Crippen MR) is 118 cm³/mol. The van der Waals surface area contributed by atoms with Crippen molar-refractivity contribution in [3.63, 3.8) is 0 Å². The second-order valence-corrected chi connectivity index (χ2v) is 8.61. The van der Waals surface area contributed by atoms with Gasteiger partial charge in [-0.15, -0.1) is 0 Å². The molecular weight excluding hydrogens is 446 g/mol. The van der Waals surface area contributed by atoms with Crippen molar-refractivity contribution in [3.8, 4) is 0 Å². The van der Waals surface area contributed by atoms with Gasteiger partial charge in [-0.05, 0) is 36.4 Å². The van der Waals surface area contributed by atoms with Crippen LogP contribution in [0.25, 0.3) is 0 Å². The van der Waals surface area contributed by atoms with Crippen molar-refractivity contribution in [1.29, 1.82) is 0 Å². The Bertz CT molecular complexity index is 1090. The van der Waals surface area contributed by atoms with Gasteiger partial charge in [0.25, 0.3) is 11.8 Å². The van der Waals surface area contributed by atoms with Crippen LogP contribution in [0.4, 0.5) is 20.2 Å². The molecule has 0 saturated carbocycles. The van der Waals surface area contributed by atoms with E-state index in [1.54, 1.807) is 0 Å². The molecule has 5 rings (SSSR count). The number of hydrogen-bond donors (Lipinski definition) is 0. The fraction of sp³-hybridized carbons (Fsp3) is 0.333. The molecule has 2 atom stereocenters. The van der Waals surface area contributed by atoms with E-state index in [1.165, 1.54) is 36.4 Å². The Hall–Kier alpha value is -3.50. The number of amides is 4. The van der Waals surface area contributed by atoms with Gasteiger partial charge in [-0.1, -0.05) is 12.1 Å². The molecule has 0 N–H and O–H groups in total. The van der Waals surface area contributed by atoms with Crippen LogP contribution in [0.15, 0.2) is 48.5 Å². The lowest BCUT2D eigenvalue weighted by molar-refractivity contribution is -0.126. The first-order chi connectivity index (χ1) is 16.3. The van der Waals surface area contributed by atoms with Gasteiger partial charge < -0.3 is 0 Å². The SMILES string of the molecule is O=C1C[C@@H](N2CCN([C@@H]3CC(=O)N(c4cccc(F)c4)C3=O)CC2)C(=O)N1c1cccc(F)c1. The van der Waals surface area contributed by atoms with E-state index in [0.717, 1.165) is 21.9 Å². The molecule has 34 heavy (non-hydrogen) atoms. The quantitative estimate of drug-likeness (QED) is 0.634. The van der Waals surface area contributed by atoms with Gasteiger partial charge in [-0.25, -0.2) is 18.6 Å². The van der Waals surface area contributed by atoms with E-state index in [4.69, 9.17) is 0 Å². The molecule has 0 spiro atoms.